The zero-order valence-electron chi connectivity index (χ0n) is 13.6. The van der Waals surface area contributed by atoms with Gasteiger partial charge in [0.25, 0.3) is 0 Å². The zero-order chi connectivity index (χ0) is 17.2. The fraction of sp³-hybridized carbons (Fsp3) is 0. The number of benzene rings is 4. The summed E-state index contributed by atoms with van der Waals surface area (Å²) >= 11 is 0. The first-order valence-electron chi connectivity index (χ1n) is 8.28. The van der Waals surface area contributed by atoms with Crippen molar-refractivity contribution in [3.8, 4) is 22.3 Å². The molecule has 3 heteroatoms. The Morgan fingerprint density at radius 2 is 1.04 bits per heavy atom. The van der Waals surface area contributed by atoms with Crippen LogP contribution >= 0.6 is 0 Å². The molecule has 0 aliphatic heterocycles. The van der Waals surface area contributed by atoms with E-state index in [1.165, 1.54) is 11.1 Å². The van der Waals surface area contributed by atoms with Crippen LogP contribution in [0, 0.1) is 0 Å². The minimum absolute atomic E-state index is 0.528. The van der Waals surface area contributed by atoms with Gasteiger partial charge >= 0.3 is 7.12 Å². The van der Waals surface area contributed by atoms with Crippen LogP contribution in [0.25, 0.3) is 33.0 Å². The van der Waals surface area contributed by atoms with Gasteiger partial charge in [-0.3, -0.25) is 0 Å². The largest absolute Gasteiger partial charge is 0.489 e. The molecule has 0 heterocycles. The molecule has 0 saturated heterocycles. The molecule has 0 amide bonds. The molecule has 0 saturated carbocycles. The smallest absolute Gasteiger partial charge is 0.423 e. The van der Waals surface area contributed by atoms with Gasteiger partial charge in [0.1, 0.15) is 0 Å². The summed E-state index contributed by atoms with van der Waals surface area (Å²) in [5.74, 6) is 0. The quantitative estimate of drug-likeness (QED) is 0.562. The van der Waals surface area contributed by atoms with Gasteiger partial charge in [-0.15, -0.1) is 0 Å². The van der Waals surface area contributed by atoms with E-state index in [-0.39, 0.29) is 0 Å². The molecule has 0 radical (unpaired) electrons. The third-order valence-electron chi connectivity index (χ3n) is 4.54. The maximum Gasteiger partial charge on any atom is 0.489 e. The summed E-state index contributed by atoms with van der Waals surface area (Å²) in [5, 5.41) is 21.1. The van der Waals surface area contributed by atoms with Gasteiger partial charge in [0.05, 0.1) is 0 Å². The fourth-order valence-corrected chi connectivity index (χ4v) is 3.27. The molecule has 0 aromatic heterocycles. The second-order valence-electron chi connectivity index (χ2n) is 6.06. The van der Waals surface area contributed by atoms with Crippen molar-refractivity contribution in [2.24, 2.45) is 0 Å². The first kappa shape index (κ1) is 15.6. The lowest BCUT2D eigenvalue weighted by Crippen LogP contribution is -2.30. The summed E-state index contributed by atoms with van der Waals surface area (Å²) in [6.07, 6.45) is 0. The third-order valence-corrected chi connectivity index (χ3v) is 4.54. The summed E-state index contributed by atoms with van der Waals surface area (Å²) in [5.41, 5.74) is 5.09. The Labute approximate surface area is 147 Å². The van der Waals surface area contributed by atoms with E-state index in [4.69, 9.17) is 0 Å². The highest BCUT2D eigenvalue weighted by molar-refractivity contribution is 6.62. The summed E-state index contributed by atoms with van der Waals surface area (Å²) in [7, 11) is -1.47. The molecular formula is C22H17BO2. The van der Waals surface area contributed by atoms with E-state index in [2.05, 4.69) is 36.4 Å². The minimum atomic E-state index is -1.47. The van der Waals surface area contributed by atoms with Gasteiger partial charge in [0, 0.05) is 0 Å². The number of hydrogen-bond acceptors (Lipinski definition) is 2. The predicted octanol–water partition coefficient (Wildman–Crippen LogP) is 3.85. The van der Waals surface area contributed by atoms with Crippen molar-refractivity contribution >= 4 is 23.4 Å². The number of hydrogen-bond donors (Lipinski definition) is 2. The van der Waals surface area contributed by atoms with Crippen LogP contribution in [0.3, 0.4) is 0 Å². The van der Waals surface area contributed by atoms with E-state index in [0.29, 0.717) is 5.46 Å². The predicted molar refractivity (Wildman–Crippen MR) is 105 cm³/mol. The number of rotatable bonds is 3. The van der Waals surface area contributed by atoms with Crippen LogP contribution in [-0.4, -0.2) is 17.2 Å². The van der Waals surface area contributed by atoms with Crippen molar-refractivity contribution in [3.05, 3.63) is 91.0 Å². The summed E-state index contributed by atoms with van der Waals surface area (Å²) in [6, 6.07) is 30.3. The lowest BCUT2D eigenvalue weighted by atomic mass is 9.76. The lowest BCUT2D eigenvalue weighted by molar-refractivity contribution is 0.426. The summed E-state index contributed by atoms with van der Waals surface area (Å²) in [4.78, 5) is 0. The minimum Gasteiger partial charge on any atom is -0.423 e. The van der Waals surface area contributed by atoms with Crippen molar-refractivity contribution in [2.75, 3.05) is 0 Å². The Morgan fingerprint density at radius 1 is 0.480 bits per heavy atom. The monoisotopic (exact) mass is 324 g/mol. The van der Waals surface area contributed by atoms with Crippen LogP contribution in [0.5, 0.6) is 0 Å². The first-order chi connectivity index (χ1) is 12.2. The van der Waals surface area contributed by atoms with Crippen molar-refractivity contribution in [1.29, 1.82) is 0 Å². The van der Waals surface area contributed by atoms with E-state index >= 15 is 0 Å². The van der Waals surface area contributed by atoms with Gasteiger partial charge in [-0.05, 0) is 38.5 Å². The second-order valence-corrected chi connectivity index (χ2v) is 6.06. The van der Waals surface area contributed by atoms with E-state index in [1.807, 2.05) is 48.5 Å². The molecule has 0 aliphatic carbocycles. The van der Waals surface area contributed by atoms with Gasteiger partial charge in [0.2, 0.25) is 0 Å². The van der Waals surface area contributed by atoms with E-state index < -0.39 is 7.12 Å². The highest BCUT2D eigenvalue weighted by atomic mass is 16.4. The van der Waals surface area contributed by atoms with Crippen LogP contribution in [0.4, 0.5) is 0 Å². The highest BCUT2D eigenvalue weighted by Crippen LogP contribution is 2.30. The topological polar surface area (TPSA) is 40.5 Å². The summed E-state index contributed by atoms with van der Waals surface area (Å²) in [6.45, 7) is 0. The maximum absolute atomic E-state index is 9.60. The maximum atomic E-state index is 9.60. The van der Waals surface area contributed by atoms with E-state index in [0.717, 1.165) is 21.9 Å². The first-order valence-corrected chi connectivity index (χ1v) is 8.28. The van der Waals surface area contributed by atoms with Gasteiger partial charge in [0.15, 0.2) is 0 Å². The number of fused-ring (bicyclic) bond motifs is 1. The van der Waals surface area contributed by atoms with E-state index in [9.17, 15) is 10.0 Å². The molecule has 0 unspecified atom stereocenters. The van der Waals surface area contributed by atoms with Gasteiger partial charge < -0.3 is 10.0 Å². The molecule has 0 aliphatic rings. The normalized spacial score (nSPS) is 10.8. The molecule has 0 bridgehead atoms. The zero-order valence-corrected chi connectivity index (χ0v) is 13.6. The van der Waals surface area contributed by atoms with Gasteiger partial charge in [-0.1, -0.05) is 91.0 Å². The van der Waals surface area contributed by atoms with Gasteiger partial charge in [-0.25, -0.2) is 0 Å². The molecule has 4 rings (SSSR count). The lowest BCUT2D eigenvalue weighted by Gasteiger charge is -2.12. The van der Waals surface area contributed by atoms with Crippen LogP contribution in [0.2, 0.25) is 0 Å². The summed E-state index contributed by atoms with van der Waals surface area (Å²) < 4.78 is 0. The van der Waals surface area contributed by atoms with E-state index in [1.54, 1.807) is 6.07 Å². The Bertz CT molecular complexity index is 1010. The van der Waals surface area contributed by atoms with Crippen molar-refractivity contribution < 1.29 is 10.0 Å². The molecule has 0 spiro atoms. The molecule has 0 atom stereocenters. The molecule has 0 fully saturated rings. The molecule has 120 valence electrons. The Balaban J connectivity index is 1.81. The molecule has 2 N–H and O–H groups in total. The third kappa shape index (κ3) is 2.96. The average Bonchev–Trinajstić information content (AvgIpc) is 2.68. The van der Waals surface area contributed by atoms with Crippen LogP contribution in [-0.2, 0) is 0 Å². The molecular weight excluding hydrogens is 307 g/mol. The Hall–Kier alpha value is -2.88. The van der Waals surface area contributed by atoms with Crippen molar-refractivity contribution in [3.63, 3.8) is 0 Å². The van der Waals surface area contributed by atoms with Crippen LogP contribution in [0.1, 0.15) is 0 Å². The van der Waals surface area contributed by atoms with Crippen LogP contribution < -0.4 is 5.46 Å². The SMILES string of the molecule is OB(O)c1ccc(-c2ccc(-c3ccccc3)cc2)c2ccccc12. The van der Waals surface area contributed by atoms with Crippen LogP contribution in [0.15, 0.2) is 91.0 Å². The average molecular weight is 324 g/mol. The standard InChI is InChI=1S/C22H17BO2/c24-23(25)22-15-14-19(20-8-4-5-9-21(20)22)18-12-10-17(11-13-18)16-6-2-1-3-7-16/h1-15,24-25H. The van der Waals surface area contributed by atoms with Gasteiger partial charge in [-0.2, -0.15) is 0 Å². The molecule has 4 aromatic rings. The molecule has 25 heavy (non-hydrogen) atoms. The highest BCUT2D eigenvalue weighted by Gasteiger charge is 2.16. The van der Waals surface area contributed by atoms with Crippen molar-refractivity contribution in [1.82, 2.24) is 0 Å². The Kier molecular flexibility index (Phi) is 4.10. The molecule has 2 nitrogen and oxygen atoms in total. The Morgan fingerprint density at radius 3 is 1.72 bits per heavy atom. The second kappa shape index (κ2) is 6.56. The van der Waals surface area contributed by atoms with Crippen molar-refractivity contribution in [2.45, 2.75) is 0 Å². The molecule has 4 aromatic carbocycles. The fourth-order valence-electron chi connectivity index (χ4n) is 3.27.